The van der Waals surface area contributed by atoms with Crippen molar-refractivity contribution in [2.45, 2.75) is 65.5 Å². The molecule has 1 aliphatic rings. The van der Waals surface area contributed by atoms with Crippen LogP contribution < -0.4 is 5.46 Å². The van der Waals surface area contributed by atoms with E-state index < -0.39 is 35.9 Å². The molecule has 0 spiro atoms. The normalized spacial score (nSPS) is 18.7. The van der Waals surface area contributed by atoms with Crippen LogP contribution in [0, 0.1) is 19.7 Å². The third-order valence-electron chi connectivity index (χ3n) is 5.62. The van der Waals surface area contributed by atoms with Gasteiger partial charge in [-0.3, -0.25) is 4.68 Å². The average molecular weight is 398 g/mol. The number of aromatic nitrogens is 2. The van der Waals surface area contributed by atoms with Crippen LogP contribution in [0.4, 0.5) is 17.6 Å². The minimum Gasteiger partial charge on any atom is -0.399 e. The Morgan fingerprint density at radius 1 is 1.07 bits per heavy atom. The van der Waals surface area contributed by atoms with Crippen LogP contribution in [-0.2, 0) is 22.0 Å². The Kier molecular flexibility index (Phi) is 4.91. The predicted octanol–water partition coefficient (Wildman–Crippen LogP) is 4.01. The fraction of sp³-hybridized carbons (Fsp3) is 0.526. The van der Waals surface area contributed by atoms with Crippen LogP contribution in [0.15, 0.2) is 18.2 Å². The second-order valence-corrected chi connectivity index (χ2v) is 8.13. The summed E-state index contributed by atoms with van der Waals surface area (Å²) in [5.41, 5.74) is -0.176. The number of aryl methyl sites for hydroxylation is 1. The number of hydrogen-bond acceptors (Lipinski definition) is 3. The van der Waals surface area contributed by atoms with E-state index in [1.165, 1.54) is 4.68 Å². The summed E-state index contributed by atoms with van der Waals surface area (Å²) < 4.78 is 66.8. The third kappa shape index (κ3) is 3.57. The lowest BCUT2D eigenvalue weighted by atomic mass is 9.77. The van der Waals surface area contributed by atoms with E-state index in [0.717, 1.165) is 12.1 Å². The Hall–Kier alpha value is -1.87. The fourth-order valence-corrected chi connectivity index (χ4v) is 3.28. The Morgan fingerprint density at radius 3 is 2.18 bits per heavy atom. The third-order valence-corrected chi connectivity index (χ3v) is 5.62. The van der Waals surface area contributed by atoms with Crippen LogP contribution in [0.25, 0.3) is 0 Å². The van der Waals surface area contributed by atoms with Crippen LogP contribution >= 0.6 is 0 Å². The van der Waals surface area contributed by atoms with E-state index in [1.807, 2.05) is 27.7 Å². The first-order valence-electron chi connectivity index (χ1n) is 8.98. The minimum absolute atomic E-state index is 0.0556. The Morgan fingerprint density at radius 2 is 1.64 bits per heavy atom. The van der Waals surface area contributed by atoms with Gasteiger partial charge < -0.3 is 9.31 Å². The maximum Gasteiger partial charge on any atom is 0.498 e. The van der Waals surface area contributed by atoms with E-state index >= 15 is 0 Å². The molecule has 2 heterocycles. The highest BCUT2D eigenvalue weighted by Crippen LogP contribution is 2.37. The van der Waals surface area contributed by atoms with Crippen LogP contribution in [0.2, 0.25) is 0 Å². The van der Waals surface area contributed by atoms with Crippen LogP contribution in [0.5, 0.6) is 0 Å². The molecule has 0 amide bonds. The zero-order chi connectivity index (χ0) is 21.1. The first-order chi connectivity index (χ1) is 12.7. The molecule has 1 saturated heterocycles. The number of rotatable bonds is 3. The monoisotopic (exact) mass is 398 g/mol. The largest absolute Gasteiger partial charge is 0.498 e. The highest BCUT2D eigenvalue weighted by Gasteiger charge is 2.53. The molecule has 28 heavy (non-hydrogen) atoms. The van der Waals surface area contributed by atoms with Gasteiger partial charge in [0.05, 0.1) is 29.0 Å². The average Bonchev–Trinajstić information content (AvgIpc) is 2.92. The molecule has 1 aliphatic heterocycles. The van der Waals surface area contributed by atoms with E-state index in [-0.39, 0.29) is 12.1 Å². The molecule has 0 bridgehead atoms. The standard InChI is InChI=1S/C19H23BF4N2O2/c1-11-16(20-27-17(3,4)18(5,6)28-20)12(2)26(25-11)10-13-7-8-14(21)9-15(13)19(22,23)24/h7-9H,10H2,1-6H3. The molecule has 0 aliphatic carbocycles. The van der Waals surface area contributed by atoms with Crippen molar-refractivity contribution in [3.63, 3.8) is 0 Å². The number of benzene rings is 1. The summed E-state index contributed by atoms with van der Waals surface area (Å²) in [7, 11) is -0.658. The van der Waals surface area contributed by atoms with Crippen molar-refractivity contribution < 1.29 is 26.9 Å². The van der Waals surface area contributed by atoms with Crippen LogP contribution in [0.3, 0.4) is 0 Å². The molecular formula is C19H23BF4N2O2. The minimum atomic E-state index is -4.65. The molecule has 3 rings (SSSR count). The van der Waals surface area contributed by atoms with Gasteiger partial charge in [-0.25, -0.2) is 4.39 Å². The van der Waals surface area contributed by atoms with Crippen molar-refractivity contribution in [1.29, 1.82) is 0 Å². The number of alkyl halides is 3. The summed E-state index contributed by atoms with van der Waals surface area (Å²) >= 11 is 0. The summed E-state index contributed by atoms with van der Waals surface area (Å²) in [6, 6.07) is 2.67. The van der Waals surface area contributed by atoms with Crippen LogP contribution in [0.1, 0.15) is 50.2 Å². The van der Waals surface area contributed by atoms with Gasteiger partial charge in [0.1, 0.15) is 5.82 Å². The molecule has 0 unspecified atom stereocenters. The molecular weight excluding hydrogens is 375 g/mol. The maximum absolute atomic E-state index is 13.4. The zero-order valence-corrected chi connectivity index (χ0v) is 16.7. The fourth-order valence-electron chi connectivity index (χ4n) is 3.28. The van der Waals surface area contributed by atoms with Crippen molar-refractivity contribution in [3.05, 3.63) is 46.5 Å². The number of nitrogens with zero attached hydrogens (tertiary/aromatic N) is 2. The Labute approximate surface area is 162 Å². The molecule has 9 heteroatoms. The molecule has 4 nitrogen and oxygen atoms in total. The zero-order valence-electron chi connectivity index (χ0n) is 16.7. The van der Waals surface area contributed by atoms with Gasteiger partial charge in [0.25, 0.3) is 0 Å². The SMILES string of the molecule is Cc1nn(Cc2ccc(F)cc2C(F)(F)F)c(C)c1B1OC(C)(C)C(C)(C)O1. The molecule has 1 aromatic heterocycles. The van der Waals surface area contributed by atoms with Gasteiger partial charge >= 0.3 is 13.3 Å². The van der Waals surface area contributed by atoms with Crippen molar-refractivity contribution >= 4 is 12.6 Å². The summed E-state index contributed by atoms with van der Waals surface area (Å²) in [5, 5.41) is 4.39. The van der Waals surface area contributed by atoms with Gasteiger partial charge in [-0.2, -0.15) is 18.3 Å². The molecule has 0 atom stereocenters. The number of hydrogen-bond donors (Lipinski definition) is 0. The summed E-state index contributed by atoms with van der Waals surface area (Å²) in [5.74, 6) is -0.928. The van der Waals surface area contributed by atoms with Gasteiger partial charge in [0.15, 0.2) is 0 Å². The second kappa shape index (κ2) is 6.59. The van der Waals surface area contributed by atoms with E-state index in [4.69, 9.17) is 9.31 Å². The van der Waals surface area contributed by atoms with Crippen molar-refractivity contribution in [2.24, 2.45) is 0 Å². The highest BCUT2D eigenvalue weighted by molar-refractivity contribution is 6.63. The quantitative estimate of drug-likeness (QED) is 0.579. The van der Waals surface area contributed by atoms with Gasteiger partial charge in [-0.1, -0.05) is 6.07 Å². The Balaban J connectivity index is 1.97. The molecule has 0 radical (unpaired) electrons. The van der Waals surface area contributed by atoms with E-state index in [2.05, 4.69) is 5.10 Å². The molecule has 0 N–H and O–H groups in total. The first kappa shape index (κ1) is 20.9. The van der Waals surface area contributed by atoms with E-state index in [0.29, 0.717) is 22.9 Å². The van der Waals surface area contributed by atoms with Gasteiger partial charge in [0, 0.05) is 11.2 Å². The molecule has 152 valence electrons. The first-order valence-corrected chi connectivity index (χ1v) is 8.98. The maximum atomic E-state index is 13.4. The summed E-state index contributed by atoms with van der Waals surface area (Å²) in [4.78, 5) is 0. The number of halogens is 4. The van der Waals surface area contributed by atoms with Gasteiger partial charge in [-0.05, 0) is 59.2 Å². The van der Waals surface area contributed by atoms with E-state index in [1.54, 1.807) is 13.8 Å². The predicted molar refractivity (Wildman–Crippen MR) is 97.9 cm³/mol. The topological polar surface area (TPSA) is 36.3 Å². The Bertz CT molecular complexity index is 890. The smallest absolute Gasteiger partial charge is 0.399 e. The van der Waals surface area contributed by atoms with E-state index in [9.17, 15) is 17.6 Å². The molecule has 1 fully saturated rings. The molecule has 0 saturated carbocycles. The van der Waals surface area contributed by atoms with Crippen molar-refractivity contribution in [3.8, 4) is 0 Å². The van der Waals surface area contributed by atoms with Crippen molar-refractivity contribution in [1.82, 2.24) is 9.78 Å². The van der Waals surface area contributed by atoms with Gasteiger partial charge in [0.2, 0.25) is 0 Å². The summed E-state index contributed by atoms with van der Waals surface area (Å²) in [6.45, 7) is 11.1. The highest BCUT2D eigenvalue weighted by atomic mass is 19.4. The lowest BCUT2D eigenvalue weighted by Gasteiger charge is -2.32. The van der Waals surface area contributed by atoms with Gasteiger partial charge in [-0.15, -0.1) is 0 Å². The summed E-state index contributed by atoms with van der Waals surface area (Å²) in [6.07, 6.45) is -4.65. The lowest BCUT2D eigenvalue weighted by Crippen LogP contribution is -2.41. The second-order valence-electron chi connectivity index (χ2n) is 8.13. The molecule has 1 aromatic carbocycles. The lowest BCUT2D eigenvalue weighted by molar-refractivity contribution is -0.138. The van der Waals surface area contributed by atoms with Crippen LogP contribution in [-0.4, -0.2) is 28.1 Å². The van der Waals surface area contributed by atoms with Crippen molar-refractivity contribution in [2.75, 3.05) is 0 Å². The molecule has 2 aromatic rings.